The van der Waals surface area contributed by atoms with Crippen molar-refractivity contribution in [2.75, 3.05) is 13.2 Å². The number of aromatic carboxylic acids is 1. The third-order valence-corrected chi connectivity index (χ3v) is 6.53. The molecule has 0 aromatic heterocycles. The Morgan fingerprint density at radius 1 is 1.11 bits per heavy atom. The molecule has 0 saturated carbocycles. The lowest BCUT2D eigenvalue weighted by Crippen LogP contribution is -2.46. The minimum absolute atomic E-state index is 0.0551. The number of aryl methyl sites for hydroxylation is 1. The fourth-order valence-electron chi connectivity index (χ4n) is 4.22. The molecule has 0 aliphatic carbocycles. The van der Waals surface area contributed by atoms with Crippen LogP contribution in [0.3, 0.4) is 0 Å². The van der Waals surface area contributed by atoms with Gasteiger partial charge >= 0.3 is 5.97 Å². The second-order valence-electron chi connectivity index (χ2n) is 9.85. The summed E-state index contributed by atoms with van der Waals surface area (Å²) < 4.78 is 33.9. The standard InChI is InChI=1S/C29H32ClF2NO4/c1-17-11-19(9-10-22(17)28(35)36)24-8-6-5-7-23(24)18(2)37-16-21(34)15-33-29(3,4)14-20-12-27(32)25(30)13-26(20)31/h5-13,18,21,33-34H,14-16H2,1-4H3,(H,35,36)/t18?,21-/m0/s1. The number of carbonyl (C=O) groups is 1. The highest BCUT2D eigenvalue weighted by Crippen LogP contribution is 2.31. The number of hydrogen-bond acceptors (Lipinski definition) is 4. The van der Waals surface area contributed by atoms with Crippen molar-refractivity contribution in [3.63, 3.8) is 0 Å². The molecule has 0 radical (unpaired) electrons. The zero-order chi connectivity index (χ0) is 27.3. The predicted octanol–water partition coefficient (Wildman–Crippen LogP) is 6.34. The van der Waals surface area contributed by atoms with Crippen LogP contribution in [0.5, 0.6) is 0 Å². The molecule has 0 heterocycles. The van der Waals surface area contributed by atoms with Gasteiger partial charge in [-0.05, 0) is 80.1 Å². The summed E-state index contributed by atoms with van der Waals surface area (Å²) in [6.07, 6.45) is -0.980. The number of hydrogen-bond donors (Lipinski definition) is 3. The van der Waals surface area contributed by atoms with Crippen LogP contribution in [-0.4, -0.2) is 41.0 Å². The fraction of sp³-hybridized carbons (Fsp3) is 0.345. The van der Waals surface area contributed by atoms with E-state index in [4.69, 9.17) is 16.3 Å². The van der Waals surface area contributed by atoms with Crippen molar-refractivity contribution >= 4 is 17.6 Å². The SMILES string of the molecule is Cc1cc(-c2ccccc2C(C)OC[C@@H](O)CNC(C)(C)Cc2cc(F)c(Cl)cc2F)ccc1C(=O)O. The molecule has 5 nitrogen and oxygen atoms in total. The van der Waals surface area contributed by atoms with Crippen LogP contribution in [0.1, 0.15) is 53.9 Å². The van der Waals surface area contributed by atoms with Gasteiger partial charge in [-0.1, -0.05) is 48.0 Å². The van der Waals surface area contributed by atoms with Crippen molar-refractivity contribution in [2.24, 2.45) is 0 Å². The van der Waals surface area contributed by atoms with Gasteiger partial charge in [-0.2, -0.15) is 0 Å². The van der Waals surface area contributed by atoms with E-state index in [0.717, 1.165) is 28.8 Å². The Bertz CT molecular complexity index is 1260. The highest BCUT2D eigenvalue weighted by molar-refractivity contribution is 6.30. The summed E-state index contributed by atoms with van der Waals surface area (Å²) in [7, 11) is 0. The van der Waals surface area contributed by atoms with Crippen molar-refractivity contribution in [3.8, 4) is 11.1 Å². The summed E-state index contributed by atoms with van der Waals surface area (Å²) >= 11 is 5.63. The van der Waals surface area contributed by atoms with Crippen molar-refractivity contribution < 1.29 is 28.5 Å². The summed E-state index contributed by atoms with van der Waals surface area (Å²) in [5, 5.41) is 22.8. The second-order valence-corrected chi connectivity index (χ2v) is 10.3. The predicted molar refractivity (Wildman–Crippen MR) is 141 cm³/mol. The molecule has 0 aliphatic rings. The molecule has 0 saturated heterocycles. The number of aliphatic hydroxyl groups is 1. The third-order valence-electron chi connectivity index (χ3n) is 6.24. The summed E-state index contributed by atoms with van der Waals surface area (Å²) in [5.41, 5.74) is 3.20. The van der Waals surface area contributed by atoms with Crippen LogP contribution >= 0.6 is 11.6 Å². The zero-order valence-corrected chi connectivity index (χ0v) is 22.1. The van der Waals surface area contributed by atoms with E-state index in [1.165, 1.54) is 0 Å². The van der Waals surface area contributed by atoms with E-state index in [2.05, 4.69) is 5.32 Å². The molecule has 0 aliphatic heterocycles. The molecule has 0 bridgehead atoms. The number of β-amino-alcohol motifs (C(OH)–C–C–N with tert-alkyl or cyclic N) is 1. The second kappa shape index (κ2) is 12.1. The smallest absolute Gasteiger partial charge is 0.335 e. The van der Waals surface area contributed by atoms with Crippen LogP contribution in [0.2, 0.25) is 5.02 Å². The monoisotopic (exact) mass is 531 g/mol. The lowest BCUT2D eigenvalue weighted by Gasteiger charge is -2.28. The Labute approximate surface area is 221 Å². The molecule has 8 heteroatoms. The van der Waals surface area contributed by atoms with E-state index >= 15 is 0 Å². The van der Waals surface area contributed by atoms with Gasteiger partial charge in [0.15, 0.2) is 0 Å². The molecule has 3 aromatic carbocycles. The first-order valence-electron chi connectivity index (χ1n) is 12.0. The van der Waals surface area contributed by atoms with Gasteiger partial charge in [0.25, 0.3) is 0 Å². The van der Waals surface area contributed by atoms with E-state index < -0.39 is 29.2 Å². The van der Waals surface area contributed by atoms with Crippen LogP contribution in [0.25, 0.3) is 11.1 Å². The number of nitrogens with one attached hydrogen (secondary N) is 1. The average Bonchev–Trinajstić information content (AvgIpc) is 2.84. The molecule has 3 aromatic rings. The topological polar surface area (TPSA) is 78.8 Å². The minimum Gasteiger partial charge on any atom is -0.478 e. The number of aliphatic hydroxyl groups excluding tert-OH is 1. The molecule has 0 spiro atoms. The lowest BCUT2D eigenvalue weighted by molar-refractivity contribution is -0.00398. The minimum atomic E-state index is -0.967. The highest BCUT2D eigenvalue weighted by Gasteiger charge is 2.23. The molecule has 3 N–H and O–H groups in total. The quantitative estimate of drug-likeness (QED) is 0.252. The number of carboxylic acids is 1. The first kappa shape index (κ1) is 28.7. The average molecular weight is 532 g/mol. The normalized spacial score (nSPS) is 13.4. The van der Waals surface area contributed by atoms with Crippen molar-refractivity contribution in [3.05, 3.63) is 93.5 Å². The largest absolute Gasteiger partial charge is 0.478 e. The van der Waals surface area contributed by atoms with E-state index in [-0.39, 0.29) is 41.8 Å². The Morgan fingerprint density at radius 3 is 2.49 bits per heavy atom. The maximum Gasteiger partial charge on any atom is 0.335 e. The summed E-state index contributed by atoms with van der Waals surface area (Å²) in [6.45, 7) is 7.57. The first-order chi connectivity index (χ1) is 17.4. The van der Waals surface area contributed by atoms with Crippen LogP contribution in [-0.2, 0) is 11.2 Å². The molecule has 37 heavy (non-hydrogen) atoms. The van der Waals surface area contributed by atoms with E-state index in [1.807, 2.05) is 51.1 Å². The zero-order valence-electron chi connectivity index (χ0n) is 21.3. The van der Waals surface area contributed by atoms with Gasteiger partial charge in [-0.15, -0.1) is 0 Å². The number of halogens is 3. The molecule has 198 valence electrons. The highest BCUT2D eigenvalue weighted by atomic mass is 35.5. The summed E-state index contributed by atoms with van der Waals surface area (Å²) in [6, 6.07) is 15.0. The summed E-state index contributed by atoms with van der Waals surface area (Å²) in [5.74, 6) is -2.22. The van der Waals surface area contributed by atoms with Crippen molar-refractivity contribution in [1.29, 1.82) is 0 Å². The lowest BCUT2D eigenvalue weighted by atomic mass is 9.94. The fourth-order valence-corrected chi connectivity index (χ4v) is 4.37. The first-order valence-corrected chi connectivity index (χ1v) is 12.4. The van der Waals surface area contributed by atoms with E-state index in [9.17, 15) is 23.8 Å². The Kier molecular flexibility index (Phi) is 9.42. The summed E-state index contributed by atoms with van der Waals surface area (Å²) in [4.78, 5) is 11.4. The molecule has 2 atom stereocenters. The van der Waals surface area contributed by atoms with Gasteiger partial charge in [0, 0.05) is 12.1 Å². The number of benzene rings is 3. The molecule has 3 rings (SSSR count). The number of rotatable bonds is 11. The maximum absolute atomic E-state index is 14.2. The van der Waals surface area contributed by atoms with Crippen LogP contribution in [0.15, 0.2) is 54.6 Å². The van der Waals surface area contributed by atoms with Gasteiger partial charge in [-0.3, -0.25) is 0 Å². The third kappa shape index (κ3) is 7.58. The van der Waals surface area contributed by atoms with Crippen LogP contribution < -0.4 is 5.32 Å². The molecule has 1 unspecified atom stereocenters. The molecule has 0 amide bonds. The number of ether oxygens (including phenoxy) is 1. The van der Waals surface area contributed by atoms with Crippen molar-refractivity contribution in [1.82, 2.24) is 5.32 Å². The van der Waals surface area contributed by atoms with Crippen LogP contribution in [0, 0.1) is 18.6 Å². The Balaban J connectivity index is 1.60. The van der Waals surface area contributed by atoms with E-state index in [1.54, 1.807) is 19.1 Å². The van der Waals surface area contributed by atoms with Gasteiger partial charge < -0.3 is 20.3 Å². The van der Waals surface area contributed by atoms with Crippen LogP contribution in [0.4, 0.5) is 8.78 Å². The maximum atomic E-state index is 14.2. The molecular formula is C29H32ClF2NO4. The van der Waals surface area contributed by atoms with Gasteiger partial charge in [0.05, 0.1) is 29.4 Å². The number of carboxylic acid groups (broad SMARTS) is 1. The van der Waals surface area contributed by atoms with Gasteiger partial charge in [0.2, 0.25) is 0 Å². The van der Waals surface area contributed by atoms with E-state index in [0.29, 0.717) is 5.56 Å². The van der Waals surface area contributed by atoms with Crippen molar-refractivity contribution in [2.45, 2.75) is 51.9 Å². The Hall–Kier alpha value is -2.84. The molecule has 0 fully saturated rings. The van der Waals surface area contributed by atoms with Gasteiger partial charge in [-0.25, -0.2) is 13.6 Å². The Morgan fingerprint density at radius 2 is 1.81 bits per heavy atom. The molecular weight excluding hydrogens is 500 g/mol. The van der Waals surface area contributed by atoms with Gasteiger partial charge in [0.1, 0.15) is 11.6 Å².